The maximum absolute atomic E-state index is 12.4. The zero-order chi connectivity index (χ0) is 26.5. The predicted molar refractivity (Wildman–Crippen MR) is 143 cm³/mol. The average Bonchev–Trinajstić information content (AvgIpc) is 2.92. The van der Waals surface area contributed by atoms with E-state index < -0.39 is 17.9 Å². The first-order chi connectivity index (χ1) is 18.1. The first kappa shape index (κ1) is 27.5. The van der Waals surface area contributed by atoms with Crippen LogP contribution in [0.15, 0.2) is 84.0 Å². The first-order valence-corrected chi connectivity index (χ1v) is 12.5. The van der Waals surface area contributed by atoms with Gasteiger partial charge in [-0.1, -0.05) is 78.8 Å². The standard InChI is InChI=1S/C30H33NO6/c1-4-27(24-17-15-23(16-18-24)22-11-8-7-9-12-22)31-37-20-19-36-26-14-10-13-25(21-26)28(29(32)34-5-2)30(33)35-6-3/h7-18,21,28H,4-6,19-20H2,1-3H3/b31-27+. The van der Waals surface area contributed by atoms with E-state index in [1.165, 1.54) is 0 Å². The van der Waals surface area contributed by atoms with E-state index in [0.29, 0.717) is 11.3 Å². The molecule has 3 aromatic rings. The van der Waals surface area contributed by atoms with Crippen molar-refractivity contribution in [1.82, 2.24) is 0 Å². The number of carbonyl (C=O) groups is 2. The third-order valence-electron chi connectivity index (χ3n) is 5.51. The molecule has 3 aromatic carbocycles. The molecular weight excluding hydrogens is 470 g/mol. The molecule has 0 spiro atoms. The fourth-order valence-corrected chi connectivity index (χ4v) is 3.73. The summed E-state index contributed by atoms with van der Waals surface area (Å²) in [6.07, 6.45) is 0.719. The molecule has 7 heteroatoms. The highest BCUT2D eigenvalue weighted by atomic mass is 16.6. The molecule has 0 atom stereocenters. The maximum atomic E-state index is 12.4. The Morgan fingerprint density at radius 3 is 2.03 bits per heavy atom. The van der Waals surface area contributed by atoms with Gasteiger partial charge in [-0.15, -0.1) is 0 Å². The molecule has 0 heterocycles. The number of oxime groups is 1. The minimum Gasteiger partial charge on any atom is -0.490 e. The van der Waals surface area contributed by atoms with Crippen molar-refractivity contribution >= 4 is 17.7 Å². The molecule has 0 bridgehead atoms. The Morgan fingerprint density at radius 1 is 0.757 bits per heavy atom. The summed E-state index contributed by atoms with van der Waals surface area (Å²) in [6.45, 7) is 6.20. The molecule has 37 heavy (non-hydrogen) atoms. The topological polar surface area (TPSA) is 83.4 Å². The molecule has 0 saturated carbocycles. The minimum atomic E-state index is -1.16. The van der Waals surface area contributed by atoms with E-state index in [1.54, 1.807) is 38.1 Å². The lowest BCUT2D eigenvalue weighted by Gasteiger charge is -2.15. The third kappa shape index (κ3) is 7.93. The van der Waals surface area contributed by atoms with Crippen LogP contribution in [0, 0.1) is 0 Å². The van der Waals surface area contributed by atoms with Crippen molar-refractivity contribution in [3.63, 3.8) is 0 Å². The van der Waals surface area contributed by atoms with Gasteiger partial charge in [-0.2, -0.15) is 0 Å². The second-order valence-corrected chi connectivity index (χ2v) is 8.03. The zero-order valence-corrected chi connectivity index (χ0v) is 21.5. The molecule has 0 aliphatic carbocycles. The van der Waals surface area contributed by atoms with E-state index in [1.807, 2.05) is 37.3 Å². The summed E-state index contributed by atoms with van der Waals surface area (Å²) in [7, 11) is 0. The molecular formula is C30H33NO6. The minimum absolute atomic E-state index is 0.166. The molecule has 194 valence electrons. The van der Waals surface area contributed by atoms with Gasteiger partial charge in [-0.3, -0.25) is 9.59 Å². The fourth-order valence-electron chi connectivity index (χ4n) is 3.73. The molecule has 0 unspecified atom stereocenters. The van der Waals surface area contributed by atoms with Gasteiger partial charge < -0.3 is 19.0 Å². The molecule has 0 aliphatic heterocycles. The van der Waals surface area contributed by atoms with Crippen molar-refractivity contribution < 1.29 is 28.6 Å². The van der Waals surface area contributed by atoms with E-state index >= 15 is 0 Å². The number of rotatable bonds is 13. The fraction of sp³-hybridized carbons (Fsp3) is 0.300. The van der Waals surface area contributed by atoms with Crippen LogP contribution >= 0.6 is 0 Å². The summed E-state index contributed by atoms with van der Waals surface area (Å²) in [5, 5.41) is 4.29. The zero-order valence-electron chi connectivity index (χ0n) is 21.5. The van der Waals surface area contributed by atoms with Gasteiger partial charge in [0, 0.05) is 0 Å². The van der Waals surface area contributed by atoms with Crippen molar-refractivity contribution in [1.29, 1.82) is 0 Å². The van der Waals surface area contributed by atoms with Crippen LogP contribution in [0.4, 0.5) is 0 Å². The normalized spacial score (nSPS) is 11.2. The maximum Gasteiger partial charge on any atom is 0.324 e. The summed E-state index contributed by atoms with van der Waals surface area (Å²) in [4.78, 5) is 30.3. The van der Waals surface area contributed by atoms with E-state index in [-0.39, 0.29) is 26.4 Å². The lowest BCUT2D eigenvalue weighted by atomic mass is 9.99. The van der Waals surface area contributed by atoms with E-state index in [4.69, 9.17) is 19.0 Å². The van der Waals surface area contributed by atoms with Crippen LogP contribution in [0.2, 0.25) is 0 Å². The Labute approximate surface area is 218 Å². The SMILES string of the molecule is CCOC(=O)C(C(=O)OCC)c1cccc(OCCO/N=C(\CC)c2ccc(-c3ccccc3)cc2)c1. The van der Waals surface area contributed by atoms with Crippen molar-refractivity contribution in [3.8, 4) is 16.9 Å². The second-order valence-electron chi connectivity index (χ2n) is 8.03. The lowest BCUT2D eigenvalue weighted by molar-refractivity contribution is -0.156. The highest BCUT2D eigenvalue weighted by Gasteiger charge is 2.31. The Morgan fingerprint density at radius 2 is 1.41 bits per heavy atom. The van der Waals surface area contributed by atoms with Gasteiger partial charge in [0.15, 0.2) is 12.5 Å². The Bertz CT molecular complexity index is 1160. The largest absolute Gasteiger partial charge is 0.490 e. The molecule has 0 saturated heterocycles. The van der Waals surface area contributed by atoms with Crippen LogP contribution in [0.25, 0.3) is 11.1 Å². The smallest absolute Gasteiger partial charge is 0.324 e. The van der Waals surface area contributed by atoms with Crippen LogP contribution in [-0.2, 0) is 23.9 Å². The van der Waals surface area contributed by atoms with E-state index in [9.17, 15) is 9.59 Å². The van der Waals surface area contributed by atoms with Crippen molar-refractivity contribution in [2.24, 2.45) is 5.16 Å². The molecule has 0 amide bonds. The van der Waals surface area contributed by atoms with Crippen LogP contribution in [0.3, 0.4) is 0 Å². The molecule has 0 radical (unpaired) electrons. The van der Waals surface area contributed by atoms with Gasteiger partial charge in [0.2, 0.25) is 0 Å². The van der Waals surface area contributed by atoms with E-state index in [0.717, 1.165) is 28.8 Å². The Balaban J connectivity index is 1.57. The van der Waals surface area contributed by atoms with Crippen molar-refractivity contribution in [2.75, 3.05) is 26.4 Å². The number of esters is 2. The lowest BCUT2D eigenvalue weighted by Crippen LogP contribution is -2.26. The molecule has 0 aliphatic rings. The van der Waals surface area contributed by atoms with Gasteiger partial charge in [-0.25, -0.2) is 0 Å². The van der Waals surface area contributed by atoms with Gasteiger partial charge >= 0.3 is 11.9 Å². The summed E-state index contributed by atoms with van der Waals surface area (Å²) in [6, 6.07) is 25.2. The summed E-state index contributed by atoms with van der Waals surface area (Å²) in [5.74, 6) is -1.97. The number of benzene rings is 3. The highest BCUT2D eigenvalue weighted by Crippen LogP contribution is 2.24. The molecule has 7 nitrogen and oxygen atoms in total. The van der Waals surface area contributed by atoms with Gasteiger partial charge in [0.05, 0.1) is 18.9 Å². The van der Waals surface area contributed by atoms with E-state index in [2.05, 4.69) is 29.4 Å². The molecule has 0 N–H and O–H groups in total. The quantitative estimate of drug-likeness (QED) is 0.0968. The highest BCUT2D eigenvalue weighted by molar-refractivity contribution is 6.01. The molecule has 3 rings (SSSR count). The Kier molecular flexibility index (Phi) is 10.7. The third-order valence-corrected chi connectivity index (χ3v) is 5.51. The summed E-state index contributed by atoms with van der Waals surface area (Å²) in [5.41, 5.74) is 4.59. The number of hydrogen-bond acceptors (Lipinski definition) is 7. The van der Waals surface area contributed by atoms with Gasteiger partial charge in [0.1, 0.15) is 12.4 Å². The van der Waals surface area contributed by atoms with Gasteiger partial charge in [0.25, 0.3) is 0 Å². The van der Waals surface area contributed by atoms with Crippen LogP contribution in [-0.4, -0.2) is 44.1 Å². The molecule has 0 aromatic heterocycles. The number of carbonyl (C=O) groups excluding carboxylic acids is 2. The summed E-state index contributed by atoms with van der Waals surface area (Å²) < 4.78 is 15.9. The Hall–Kier alpha value is -4.13. The van der Waals surface area contributed by atoms with Crippen molar-refractivity contribution in [2.45, 2.75) is 33.1 Å². The van der Waals surface area contributed by atoms with Crippen LogP contribution in [0.1, 0.15) is 44.2 Å². The summed E-state index contributed by atoms with van der Waals surface area (Å²) >= 11 is 0. The molecule has 0 fully saturated rings. The average molecular weight is 504 g/mol. The predicted octanol–water partition coefficient (Wildman–Crippen LogP) is 5.77. The van der Waals surface area contributed by atoms with Crippen LogP contribution in [0.5, 0.6) is 5.75 Å². The monoisotopic (exact) mass is 503 g/mol. The number of hydrogen-bond donors (Lipinski definition) is 0. The number of ether oxygens (including phenoxy) is 3. The van der Waals surface area contributed by atoms with Crippen LogP contribution < -0.4 is 4.74 Å². The first-order valence-electron chi connectivity index (χ1n) is 12.5. The van der Waals surface area contributed by atoms with Gasteiger partial charge in [-0.05, 0) is 54.7 Å². The second kappa shape index (κ2) is 14.4. The number of nitrogens with zero attached hydrogens (tertiary/aromatic N) is 1. The van der Waals surface area contributed by atoms with Crippen molar-refractivity contribution in [3.05, 3.63) is 90.0 Å².